The zero-order valence-electron chi connectivity index (χ0n) is 19.1. The monoisotopic (exact) mass is 453 g/mol. The van der Waals surface area contributed by atoms with Gasteiger partial charge in [0.15, 0.2) is 0 Å². The first kappa shape index (κ1) is 21.9. The van der Waals surface area contributed by atoms with Crippen molar-refractivity contribution in [1.82, 2.24) is 9.88 Å². The van der Waals surface area contributed by atoms with Gasteiger partial charge in [-0.2, -0.15) is 0 Å². The maximum atomic E-state index is 12.1. The summed E-state index contributed by atoms with van der Waals surface area (Å²) in [5.41, 5.74) is 4.21. The number of ether oxygens (including phenoxy) is 1. The first-order chi connectivity index (χ1) is 16.7. The molecule has 0 spiro atoms. The maximum Gasteiger partial charge on any atom is 0.339 e. The number of rotatable bonds is 6. The third-order valence-corrected chi connectivity index (χ3v) is 6.50. The summed E-state index contributed by atoms with van der Waals surface area (Å²) >= 11 is 0. The molecule has 0 saturated carbocycles. The molecular weight excluding hydrogens is 426 g/mol. The van der Waals surface area contributed by atoms with Crippen molar-refractivity contribution >= 4 is 22.6 Å². The largest absolute Gasteiger partial charge is 0.497 e. The van der Waals surface area contributed by atoms with E-state index in [2.05, 4.69) is 63.3 Å². The predicted octanol–water partition coefficient (Wildman–Crippen LogP) is 4.85. The summed E-state index contributed by atoms with van der Waals surface area (Å²) in [5, 5.41) is 10.7. The van der Waals surface area contributed by atoms with Crippen molar-refractivity contribution in [3.63, 3.8) is 0 Å². The van der Waals surface area contributed by atoms with Crippen LogP contribution in [0.4, 0.5) is 5.69 Å². The number of piperazine rings is 1. The van der Waals surface area contributed by atoms with E-state index in [1.165, 1.54) is 17.3 Å². The van der Waals surface area contributed by atoms with Crippen molar-refractivity contribution in [2.24, 2.45) is 0 Å². The summed E-state index contributed by atoms with van der Waals surface area (Å²) in [6.45, 7) is 3.04. The van der Waals surface area contributed by atoms with Crippen LogP contribution >= 0.6 is 0 Å². The molecule has 1 aromatic heterocycles. The van der Waals surface area contributed by atoms with E-state index in [1.54, 1.807) is 7.11 Å². The summed E-state index contributed by atoms with van der Waals surface area (Å²) in [4.78, 5) is 21.1. The normalized spacial score (nSPS) is 14.5. The molecule has 1 N–H and O–H groups in total. The van der Waals surface area contributed by atoms with Gasteiger partial charge < -0.3 is 14.7 Å². The molecule has 4 aromatic rings. The van der Waals surface area contributed by atoms with Gasteiger partial charge in [0.05, 0.1) is 24.4 Å². The summed E-state index contributed by atoms with van der Waals surface area (Å²) in [6.07, 6.45) is 1.47. The van der Waals surface area contributed by atoms with Gasteiger partial charge in [0.2, 0.25) is 0 Å². The smallest absolute Gasteiger partial charge is 0.339 e. The van der Waals surface area contributed by atoms with E-state index >= 15 is 0 Å². The molecule has 3 aromatic carbocycles. The van der Waals surface area contributed by atoms with Gasteiger partial charge in [0, 0.05) is 37.8 Å². The van der Waals surface area contributed by atoms with E-state index in [4.69, 9.17) is 4.74 Å². The lowest BCUT2D eigenvalue weighted by Gasteiger charge is -2.41. The molecule has 5 rings (SSSR count). The van der Waals surface area contributed by atoms with Crippen LogP contribution in [0.5, 0.6) is 5.75 Å². The van der Waals surface area contributed by atoms with Crippen LogP contribution in [0, 0.1) is 0 Å². The second-order valence-electron chi connectivity index (χ2n) is 8.46. The number of hydrogen-bond donors (Lipinski definition) is 1. The Hall–Kier alpha value is -3.90. The van der Waals surface area contributed by atoms with Crippen LogP contribution < -0.4 is 9.64 Å². The van der Waals surface area contributed by atoms with Crippen LogP contribution in [0.15, 0.2) is 85.1 Å². The number of aromatic nitrogens is 1. The molecule has 1 saturated heterocycles. The lowest BCUT2D eigenvalue weighted by molar-refractivity contribution is 0.0697. The molecule has 0 amide bonds. The Morgan fingerprint density at radius 3 is 2.09 bits per heavy atom. The second kappa shape index (κ2) is 9.53. The van der Waals surface area contributed by atoms with Gasteiger partial charge in [0.25, 0.3) is 0 Å². The average Bonchev–Trinajstić information content (AvgIpc) is 2.89. The minimum atomic E-state index is -0.971. The summed E-state index contributed by atoms with van der Waals surface area (Å²) < 4.78 is 5.41. The standard InChI is InChI=1S/C28H27N3O3/c1-34-22-12-13-25-23(18-22)27(24(19-29-25)28(32)33)31-16-14-30(15-17-31)26(20-8-4-2-5-9-20)21-10-6-3-7-11-21/h2-13,18-19,26H,14-17H2,1H3,(H,32,33). The molecule has 172 valence electrons. The topological polar surface area (TPSA) is 65.9 Å². The molecule has 0 bridgehead atoms. The number of carbonyl (C=O) groups is 1. The fourth-order valence-electron chi connectivity index (χ4n) is 4.87. The minimum Gasteiger partial charge on any atom is -0.497 e. The number of benzene rings is 3. The van der Waals surface area contributed by atoms with Crippen molar-refractivity contribution < 1.29 is 14.6 Å². The van der Waals surface area contributed by atoms with E-state index in [9.17, 15) is 9.90 Å². The van der Waals surface area contributed by atoms with Crippen LogP contribution in [0.25, 0.3) is 10.9 Å². The Kier molecular flexibility index (Phi) is 6.14. The Morgan fingerprint density at radius 1 is 0.912 bits per heavy atom. The first-order valence-corrected chi connectivity index (χ1v) is 11.4. The van der Waals surface area contributed by atoms with E-state index in [0.717, 1.165) is 24.0 Å². The van der Waals surface area contributed by atoms with Gasteiger partial charge in [-0.25, -0.2) is 4.79 Å². The van der Waals surface area contributed by atoms with Gasteiger partial charge >= 0.3 is 5.97 Å². The van der Waals surface area contributed by atoms with Crippen LogP contribution in [-0.4, -0.2) is 54.2 Å². The molecule has 0 atom stereocenters. The zero-order chi connectivity index (χ0) is 23.5. The van der Waals surface area contributed by atoms with Gasteiger partial charge in [-0.05, 0) is 29.3 Å². The summed E-state index contributed by atoms with van der Waals surface area (Å²) in [7, 11) is 1.61. The number of fused-ring (bicyclic) bond motifs is 1. The summed E-state index contributed by atoms with van der Waals surface area (Å²) in [5.74, 6) is -0.286. The summed E-state index contributed by atoms with van der Waals surface area (Å²) in [6, 6.07) is 26.9. The van der Waals surface area contributed by atoms with Crippen LogP contribution in [0.1, 0.15) is 27.5 Å². The number of methoxy groups -OCH3 is 1. The number of carboxylic acid groups (broad SMARTS) is 1. The first-order valence-electron chi connectivity index (χ1n) is 11.4. The molecule has 0 radical (unpaired) electrons. The molecular formula is C28H27N3O3. The second-order valence-corrected chi connectivity index (χ2v) is 8.46. The quantitative estimate of drug-likeness (QED) is 0.450. The molecule has 1 fully saturated rings. The molecule has 34 heavy (non-hydrogen) atoms. The third kappa shape index (κ3) is 4.20. The highest BCUT2D eigenvalue weighted by molar-refractivity contribution is 6.05. The number of nitrogens with zero attached hydrogens (tertiary/aromatic N) is 3. The van der Waals surface area contributed by atoms with E-state index in [-0.39, 0.29) is 11.6 Å². The zero-order valence-corrected chi connectivity index (χ0v) is 19.1. The third-order valence-electron chi connectivity index (χ3n) is 6.50. The Labute approximate surface area is 199 Å². The van der Waals surface area contributed by atoms with Crippen LogP contribution in [0.3, 0.4) is 0 Å². The molecule has 1 aliphatic heterocycles. The molecule has 1 aliphatic rings. The van der Waals surface area contributed by atoms with Crippen molar-refractivity contribution in [2.45, 2.75) is 6.04 Å². The van der Waals surface area contributed by atoms with Gasteiger partial charge in [-0.1, -0.05) is 60.7 Å². The predicted molar refractivity (Wildman–Crippen MR) is 134 cm³/mol. The number of anilines is 1. The van der Waals surface area contributed by atoms with Crippen molar-refractivity contribution in [1.29, 1.82) is 0 Å². The van der Waals surface area contributed by atoms with Gasteiger partial charge in [-0.15, -0.1) is 0 Å². The molecule has 6 nitrogen and oxygen atoms in total. The number of carboxylic acids is 1. The molecule has 0 unspecified atom stereocenters. The molecule has 0 aliphatic carbocycles. The lowest BCUT2D eigenvalue weighted by Crippen LogP contribution is -2.48. The maximum absolute atomic E-state index is 12.1. The number of aromatic carboxylic acids is 1. The fourth-order valence-corrected chi connectivity index (χ4v) is 4.87. The van der Waals surface area contributed by atoms with E-state index in [0.29, 0.717) is 24.5 Å². The molecule has 6 heteroatoms. The molecule has 2 heterocycles. The van der Waals surface area contributed by atoms with Crippen molar-refractivity contribution in [3.8, 4) is 5.75 Å². The van der Waals surface area contributed by atoms with Gasteiger partial charge in [0.1, 0.15) is 11.3 Å². The Morgan fingerprint density at radius 2 is 1.53 bits per heavy atom. The van der Waals surface area contributed by atoms with Crippen molar-refractivity contribution in [3.05, 3.63) is 102 Å². The average molecular weight is 454 g/mol. The SMILES string of the molecule is COc1ccc2ncc(C(=O)O)c(N3CCN(C(c4ccccc4)c4ccccc4)CC3)c2c1. The fraction of sp³-hybridized carbons (Fsp3) is 0.214. The highest BCUT2D eigenvalue weighted by atomic mass is 16.5. The minimum absolute atomic E-state index is 0.151. The van der Waals surface area contributed by atoms with Crippen molar-refractivity contribution in [2.75, 3.05) is 38.2 Å². The van der Waals surface area contributed by atoms with E-state index < -0.39 is 5.97 Å². The number of pyridine rings is 1. The Balaban J connectivity index is 1.48. The highest BCUT2D eigenvalue weighted by Gasteiger charge is 2.29. The van der Waals surface area contributed by atoms with Crippen LogP contribution in [0.2, 0.25) is 0 Å². The van der Waals surface area contributed by atoms with Gasteiger partial charge in [-0.3, -0.25) is 9.88 Å². The number of hydrogen-bond acceptors (Lipinski definition) is 5. The lowest BCUT2D eigenvalue weighted by atomic mass is 9.96. The van der Waals surface area contributed by atoms with E-state index in [1.807, 2.05) is 30.3 Å². The van der Waals surface area contributed by atoms with Crippen LogP contribution in [-0.2, 0) is 0 Å². The Bertz CT molecular complexity index is 1250. The highest BCUT2D eigenvalue weighted by Crippen LogP contribution is 2.35.